The molecule has 0 N–H and O–H groups in total. The van der Waals surface area contributed by atoms with Gasteiger partial charge in [0.25, 0.3) is 5.82 Å². The highest BCUT2D eigenvalue weighted by atomic mass is 16.6. The zero-order valence-electron chi connectivity index (χ0n) is 9.21. The highest BCUT2D eigenvalue weighted by Crippen LogP contribution is 2.33. The van der Waals surface area contributed by atoms with Gasteiger partial charge in [-0.3, -0.25) is 0 Å². The first-order valence-corrected chi connectivity index (χ1v) is 5.07. The summed E-state index contributed by atoms with van der Waals surface area (Å²) in [4.78, 5) is 15.8. The average Bonchev–Trinajstić information content (AvgIpc) is 3.01. The van der Waals surface area contributed by atoms with Crippen molar-refractivity contribution in [3.05, 3.63) is 22.2 Å². The van der Waals surface area contributed by atoms with E-state index < -0.39 is 4.92 Å². The number of hydrogen-bond acceptors (Lipinski definition) is 5. The van der Waals surface area contributed by atoms with Crippen LogP contribution in [0.15, 0.2) is 12.1 Å². The zero-order chi connectivity index (χ0) is 11.7. The molecule has 86 valence electrons. The lowest BCUT2D eigenvalue weighted by Crippen LogP contribution is -2.14. The second-order valence-corrected chi connectivity index (χ2v) is 3.96. The molecule has 0 radical (unpaired) electrons. The molecule has 0 spiro atoms. The number of hydrogen-bond donors (Lipinski definition) is 0. The van der Waals surface area contributed by atoms with Gasteiger partial charge in [0.05, 0.1) is 6.10 Å². The topological polar surface area (TPSA) is 68.5 Å². The second kappa shape index (κ2) is 3.96. The Labute approximate surface area is 93.0 Å². The Bertz CT molecular complexity index is 416. The third kappa shape index (κ3) is 2.21. The third-order valence-corrected chi connectivity index (χ3v) is 2.25. The number of nitro groups is 1. The molecule has 0 aromatic carbocycles. The fourth-order valence-electron chi connectivity index (χ4n) is 1.31. The number of pyridine rings is 1. The number of rotatable bonds is 4. The molecular weight excluding hydrogens is 210 g/mol. The van der Waals surface area contributed by atoms with E-state index in [1.54, 1.807) is 25.1 Å². The first kappa shape index (κ1) is 10.7. The van der Waals surface area contributed by atoms with Crippen LogP contribution in [0.4, 0.5) is 11.6 Å². The SMILES string of the molecule is CN(C)c1nc([N+](=O)[O-])ccc1OC1CC1. The van der Waals surface area contributed by atoms with Crippen LogP contribution in [-0.2, 0) is 0 Å². The molecule has 1 aliphatic carbocycles. The van der Waals surface area contributed by atoms with E-state index in [1.165, 1.54) is 6.07 Å². The van der Waals surface area contributed by atoms with E-state index >= 15 is 0 Å². The molecular formula is C10H13N3O3. The number of ether oxygens (including phenoxy) is 1. The number of aromatic nitrogens is 1. The average molecular weight is 223 g/mol. The lowest BCUT2D eigenvalue weighted by Gasteiger charge is -2.12. The van der Waals surface area contributed by atoms with Gasteiger partial charge in [-0.1, -0.05) is 0 Å². The van der Waals surface area contributed by atoms with Crippen LogP contribution < -0.4 is 9.64 Å². The Morgan fingerprint density at radius 2 is 2.19 bits per heavy atom. The van der Waals surface area contributed by atoms with Gasteiger partial charge < -0.3 is 19.8 Å². The van der Waals surface area contributed by atoms with Gasteiger partial charge in [-0.25, -0.2) is 0 Å². The van der Waals surface area contributed by atoms with Crippen molar-refractivity contribution in [3.8, 4) is 5.75 Å². The van der Waals surface area contributed by atoms with Gasteiger partial charge in [-0.2, -0.15) is 0 Å². The molecule has 1 saturated carbocycles. The van der Waals surface area contributed by atoms with Crippen LogP contribution in [0, 0.1) is 10.1 Å². The Balaban J connectivity index is 2.31. The normalized spacial score (nSPS) is 14.6. The fourth-order valence-corrected chi connectivity index (χ4v) is 1.31. The van der Waals surface area contributed by atoms with Crippen molar-refractivity contribution in [2.45, 2.75) is 18.9 Å². The summed E-state index contributed by atoms with van der Waals surface area (Å²) in [5, 5.41) is 10.6. The molecule has 1 aromatic rings. The van der Waals surface area contributed by atoms with Crippen molar-refractivity contribution in [1.29, 1.82) is 0 Å². The maximum Gasteiger partial charge on any atom is 0.366 e. The lowest BCUT2D eigenvalue weighted by atomic mass is 10.4. The lowest BCUT2D eigenvalue weighted by molar-refractivity contribution is -0.389. The molecule has 1 heterocycles. The summed E-state index contributed by atoms with van der Waals surface area (Å²) in [6.45, 7) is 0. The first-order chi connectivity index (χ1) is 7.58. The van der Waals surface area contributed by atoms with Crippen LogP contribution in [0.3, 0.4) is 0 Å². The highest BCUT2D eigenvalue weighted by Gasteiger charge is 2.27. The van der Waals surface area contributed by atoms with Crippen molar-refractivity contribution in [2.24, 2.45) is 0 Å². The van der Waals surface area contributed by atoms with Crippen molar-refractivity contribution in [3.63, 3.8) is 0 Å². The van der Waals surface area contributed by atoms with Gasteiger partial charge in [0, 0.05) is 20.2 Å². The molecule has 0 aliphatic heterocycles. The van der Waals surface area contributed by atoms with Gasteiger partial charge in [-0.05, 0) is 28.8 Å². The minimum absolute atomic E-state index is 0.160. The van der Waals surface area contributed by atoms with Crippen LogP contribution in [-0.4, -0.2) is 30.1 Å². The van der Waals surface area contributed by atoms with Crippen LogP contribution in [0.25, 0.3) is 0 Å². The molecule has 6 heteroatoms. The molecule has 1 aliphatic rings. The van der Waals surface area contributed by atoms with Crippen LogP contribution in [0.1, 0.15) is 12.8 Å². The van der Waals surface area contributed by atoms with E-state index in [2.05, 4.69) is 4.98 Å². The van der Waals surface area contributed by atoms with Crippen molar-refractivity contribution in [1.82, 2.24) is 4.98 Å². The molecule has 0 saturated heterocycles. The number of anilines is 1. The quantitative estimate of drug-likeness (QED) is 0.572. The van der Waals surface area contributed by atoms with Gasteiger partial charge in [-0.15, -0.1) is 0 Å². The summed E-state index contributed by atoms with van der Waals surface area (Å²) in [6, 6.07) is 2.98. The van der Waals surface area contributed by atoms with Crippen molar-refractivity contribution in [2.75, 3.05) is 19.0 Å². The molecule has 0 unspecified atom stereocenters. The van der Waals surface area contributed by atoms with Gasteiger partial charge >= 0.3 is 5.82 Å². The second-order valence-electron chi connectivity index (χ2n) is 3.96. The van der Waals surface area contributed by atoms with Gasteiger partial charge in [0.15, 0.2) is 5.75 Å². The van der Waals surface area contributed by atoms with Gasteiger partial charge in [0.1, 0.15) is 0 Å². The predicted molar refractivity (Wildman–Crippen MR) is 58.9 cm³/mol. The monoisotopic (exact) mass is 223 g/mol. The van der Waals surface area contributed by atoms with Crippen LogP contribution >= 0.6 is 0 Å². The standard InChI is InChI=1S/C10H13N3O3/c1-12(2)10-8(16-7-3-4-7)5-6-9(11-10)13(14)15/h5-7H,3-4H2,1-2H3. The summed E-state index contributed by atoms with van der Waals surface area (Å²) in [5.74, 6) is 0.950. The molecule has 0 atom stereocenters. The van der Waals surface area contributed by atoms with Crippen LogP contribution in [0.2, 0.25) is 0 Å². The van der Waals surface area contributed by atoms with E-state index in [9.17, 15) is 10.1 Å². The Hall–Kier alpha value is -1.85. The molecule has 0 bridgehead atoms. The smallest absolute Gasteiger partial charge is 0.366 e. The Kier molecular flexibility index (Phi) is 2.64. The zero-order valence-corrected chi connectivity index (χ0v) is 9.21. The van der Waals surface area contributed by atoms with E-state index in [0.717, 1.165) is 12.8 Å². The Morgan fingerprint density at radius 3 is 2.69 bits per heavy atom. The summed E-state index contributed by atoms with van der Waals surface area (Å²) < 4.78 is 5.63. The van der Waals surface area contributed by atoms with E-state index in [1.807, 2.05) is 0 Å². The van der Waals surface area contributed by atoms with E-state index in [0.29, 0.717) is 11.6 Å². The number of nitrogens with zero attached hydrogens (tertiary/aromatic N) is 3. The molecule has 6 nitrogen and oxygen atoms in total. The van der Waals surface area contributed by atoms with Gasteiger partial charge in [0.2, 0.25) is 0 Å². The van der Waals surface area contributed by atoms with E-state index in [4.69, 9.17) is 4.74 Å². The largest absolute Gasteiger partial charge is 0.484 e. The predicted octanol–water partition coefficient (Wildman–Crippen LogP) is 1.60. The first-order valence-electron chi connectivity index (χ1n) is 5.07. The van der Waals surface area contributed by atoms with Crippen molar-refractivity contribution < 1.29 is 9.66 Å². The minimum Gasteiger partial charge on any atom is -0.484 e. The van der Waals surface area contributed by atoms with E-state index in [-0.39, 0.29) is 11.9 Å². The maximum absolute atomic E-state index is 10.6. The highest BCUT2D eigenvalue weighted by molar-refractivity contribution is 5.54. The third-order valence-electron chi connectivity index (χ3n) is 2.25. The molecule has 16 heavy (non-hydrogen) atoms. The summed E-state index contributed by atoms with van der Waals surface area (Å²) in [6.07, 6.45) is 2.34. The fraction of sp³-hybridized carbons (Fsp3) is 0.500. The Morgan fingerprint density at radius 1 is 1.50 bits per heavy atom. The van der Waals surface area contributed by atoms with Crippen LogP contribution in [0.5, 0.6) is 5.75 Å². The summed E-state index contributed by atoms with van der Waals surface area (Å²) in [7, 11) is 3.57. The molecule has 2 rings (SSSR count). The molecule has 1 aromatic heterocycles. The maximum atomic E-state index is 10.6. The minimum atomic E-state index is -0.506. The summed E-state index contributed by atoms with van der Waals surface area (Å²) >= 11 is 0. The molecule has 0 amide bonds. The summed E-state index contributed by atoms with van der Waals surface area (Å²) in [5.41, 5.74) is 0. The van der Waals surface area contributed by atoms with Crippen molar-refractivity contribution >= 4 is 11.6 Å². The molecule has 1 fully saturated rings.